The summed E-state index contributed by atoms with van der Waals surface area (Å²) in [6.45, 7) is 0. The Kier molecular flexibility index (Phi) is 5.85. The molecule has 0 saturated carbocycles. The Hall–Kier alpha value is -2.45. The van der Waals surface area contributed by atoms with Crippen LogP contribution in [0.3, 0.4) is 0 Å². The molecule has 0 radical (unpaired) electrons. The minimum atomic E-state index is -1.02. The lowest BCUT2D eigenvalue weighted by molar-refractivity contribution is -0.113. The van der Waals surface area contributed by atoms with Crippen molar-refractivity contribution < 1.29 is 18.1 Å². The van der Waals surface area contributed by atoms with Crippen molar-refractivity contribution in [3.63, 3.8) is 0 Å². The van der Waals surface area contributed by atoms with E-state index in [2.05, 4.69) is 15.5 Å². The third-order valence-electron chi connectivity index (χ3n) is 3.21. The van der Waals surface area contributed by atoms with Crippen molar-refractivity contribution in [3.8, 4) is 11.4 Å². The Balaban J connectivity index is 1.50. The number of halogens is 3. The molecule has 0 aliphatic rings. The summed E-state index contributed by atoms with van der Waals surface area (Å²) >= 11 is 7.18. The lowest BCUT2D eigenvalue weighted by atomic mass is 10.2. The van der Waals surface area contributed by atoms with Gasteiger partial charge in [0.05, 0.1) is 11.5 Å². The van der Waals surface area contributed by atoms with Crippen LogP contribution in [0.4, 0.5) is 14.5 Å². The third kappa shape index (κ3) is 4.80. The molecular weight excluding hydrogens is 384 g/mol. The van der Waals surface area contributed by atoms with Crippen molar-refractivity contribution in [2.24, 2.45) is 0 Å². The number of rotatable bonds is 6. The zero-order valence-corrected chi connectivity index (χ0v) is 14.8. The molecule has 1 heterocycles. The fourth-order valence-electron chi connectivity index (χ4n) is 2.06. The molecule has 0 fully saturated rings. The molecule has 134 valence electrons. The fraction of sp³-hybridized carbons (Fsp3) is 0.118. The summed E-state index contributed by atoms with van der Waals surface area (Å²) < 4.78 is 31.1. The summed E-state index contributed by atoms with van der Waals surface area (Å²) in [7, 11) is 0. The predicted octanol–water partition coefficient (Wildman–Crippen LogP) is 4.54. The van der Waals surface area contributed by atoms with Crippen molar-refractivity contribution in [2.45, 2.75) is 5.75 Å². The van der Waals surface area contributed by atoms with Gasteiger partial charge in [-0.1, -0.05) is 28.9 Å². The number of amides is 1. The molecule has 1 amide bonds. The molecule has 0 spiro atoms. The number of thioether (sulfide) groups is 1. The number of carbonyl (C=O) groups is 1. The van der Waals surface area contributed by atoms with E-state index in [1.807, 2.05) is 6.07 Å². The van der Waals surface area contributed by atoms with Crippen molar-refractivity contribution in [2.75, 3.05) is 11.1 Å². The molecule has 0 aliphatic carbocycles. The van der Waals surface area contributed by atoms with Gasteiger partial charge >= 0.3 is 0 Å². The first-order chi connectivity index (χ1) is 12.5. The van der Waals surface area contributed by atoms with Crippen molar-refractivity contribution in [1.82, 2.24) is 10.1 Å². The molecule has 1 N–H and O–H groups in total. The molecule has 1 aromatic heterocycles. The zero-order chi connectivity index (χ0) is 18.5. The second kappa shape index (κ2) is 8.29. The Morgan fingerprint density at radius 3 is 2.81 bits per heavy atom. The second-order valence-corrected chi connectivity index (χ2v) is 6.61. The lowest BCUT2D eigenvalue weighted by Crippen LogP contribution is -2.14. The van der Waals surface area contributed by atoms with Gasteiger partial charge in [-0.2, -0.15) is 4.98 Å². The molecule has 2 aromatic carbocycles. The van der Waals surface area contributed by atoms with E-state index in [4.69, 9.17) is 16.1 Å². The molecule has 26 heavy (non-hydrogen) atoms. The summed E-state index contributed by atoms with van der Waals surface area (Å²) in [5.41, 5.74) is 0.920. The van der Waals surface area contributed by atoms with Crippen LogP contribution in [0.1, 0.15) is 5.89 Å². The number of benzene rings is 2. The minimum absolute atomic E-state index is 0.0911. The molecule has 0 aliphatic heterocycles. The monoisotopic (exact) mass is 395 g/mol. The normalized spacial score (nSPS) is 10.7. The van der Waals surface area contributed by atoms with Gasteiger partial charge in [-0.3, -0.25) is 4.79 Å². The van der Waals surface area contributed by atoms with Gasteiger partial charge in [0.15, 0.2) is 11.6 Å². The average molecular weight is 396 g/mol. The molecule has 0 atom stereocenters. The average Bonchev–Trinajstić information content (AvgIpc) is 3.07. The van der Waals surface area contributed by atoms with Gasteiger partial charge < -0.3 is 9.84 Å². The van der Waals surface area contributed by atoms with Crippen LogP contribution in [-0.4, -0.2) is 21.8 Å². The molecule has 0 bridgehead atoms. The van der Waals surface area contributed by atoms with Gasteiger partial charge in [-0.25, -0.2) is 8.78 Å². The van der Waals surface area contributed by atoms with Crippen LogP contribution < -0.4 is 5.32 Å². The van der Waals surface area contributed by atoms with Crippen LogP contribution >= 0.6 is 23.4 Å². The number of hydrogen-bond donors (Lipinski definition) is 1. The molecule has 9 heteroatoms. The van der Waals surface area contributed by atoms with Crippen LogP contribution in [0.25, 0.3) is 11.4 Å². The van der Waals surface area contributed by atoms with E-state index in [0.29, 0.717) is 22.5 Å². The molecule has 3 rings (SSSR count). The van der Waals surface area contributed by atoms with E-state index >= 15 is 0 Å². The number of nitrogens with zero attached hydrogens (tertiary/aromatic N) is 2. The van der Waals surface area contributed by atoms with Gasteiger partial charge in [-0.05, 0) is 24.3 Å². The van der Waals surface area contributed by atoms with Gasteiger partial charge in [0.2, 0.25) is 17.6 Å². The molecule has 3 aromatic rings. The maximum atomic E-state index is 13.1. The van der Waals surface area contributed by atoms with Gasteiger partial charge in [-0.15, -0.1) is 11.8 Å². The van der Waals surface area contributed by atoms with Crippen molar-refractivity contribution >= 4 is 35.0 Å². The van der Waals surface area contributed by atoms with E-state index in [1.54, 1.807) is 18.2 Å². The number of nitrogens with one attached hydrogen (secondary N) is 1. The first-order valence-electron chi connectivity index (χ1n) is 7.42. The largest absolute Gasteiger partial charge is 0.338 e. The summed E-state index contributed by atoms with van der Waals surface area (Å²) in [6.07, 6.45) is 0. The summed E-state index contributed by atoms with van der Waals surface area (Å²) in [5.74, 6) is -1.14. The van der Waals surface area contributed by atoms with Crippen LogP contribution in [0.2, 0.25) is 5.02 Å². The molecule has 0 saturated heterocycles. The lowest BCUT2D eigenvalue weighted by Gasteiger charge is -2.04. The van der Waals surface area contributed by atoms with Crippen LogP contribution in [-0.2, 0) is 10.5 Å². The number of carbonyl (C=O) groups excluding carboxylic acids is 1. The summed E-state index contributed by atoms with van der Waals surface area (Å²) in [5, 5.41) is 6.93. The van der Waals surface area contributed by atoms with Gasteiger partial charge in [0, 0.05) is 22.3 Å². The maximum Gasteiger partial charge on any atom is 0.236 e. The molecular formula is C17H12ClF2N3O2S. The van der Waals surface area contributed by atoms with Crippen molar-refractivity contribution in [1.29, 1.82) is 0 Å². The van der Waals surface area contributed by atoms with E-state index in [0.717, 1.165) is 17.7 Å². The second-order valence-electron chi connectivity index (χ2n) is 5.19. The highest BCUT2D eigenvalue weighted by Gasteiger charge is 2.11. The first-order valence-corrected chi connectivity index (χ1v) is 8.96. The minimum Gasteiger partial charge on any atom is -0.338 e. The van der Waals surface area contributed by atoms with E-state index in [1.165, 1.54) is 17.8 Å². The first kappa shape index (κ1) is 18.3. The van der Waals surface area contributed by atoms with E-state index < -0.39 is 11.6 Å². The van der Waals surface area contributed by atoms with Crippen LogP contribution in [0, 0.1) is 11.6 Å². The molecule has 0 unspecified atom stereocenters. The summed E-state index contributed by atoms with van der Waals surface area (Å²) in [4.78, 5) is 16.1. The zero-order valence-electron chi connectivity index (χ0n) is 13.2. The number of aromatic nitrogens is 2. The smallest absolute Gasteiger partial charge is 0.236 e. The Labute approximate surface area is 156 Å². The number of anilines is 1. The van der Waals surface area contributed by atoms with E-state index in [-0.39, 0.29) is 17.3 Å². The highest BCUT2D eigenvalue weighted by Crippen LogP contribution is 2.21. The quantitative estimate of drug-likeness (QED) is 0.663. The summed E-state index contributed by atoms with van der Waals surface area (Å²) in [6, 6.07) is 10.2. The SMILES string of the molecule is O=C(CSCc1nc(-c2cccc(Cl)c2)no1)Nc1ccc(F)c(F)c1. The van der Waals surface area contributed by atoms with Crippen LogP contribution in [0.15, 0.2) is 47.0 Å². The van der Waals surface area contributed by atoms with Crippen LogP contribution in [0.5, 0.6) is 0 Å². The third-order valence-corrected chi connectivity index (χ3v) is 4.37. The van der Waals surface area contributed by atoms with Gasteiger partial charge in [0.1, 0.15) is 0 Å². The Morgan fingerprint density at radius 1 is 1.19 bits per heavy atom. The Bertz CT molecular complexity index is 936. The maximum absolute atomic E-state index is 13.1. The fourth-order valence-corrected chi connectivity index (χ4v) is 2.90. The standard InChI is InChI=1S/C17H12ClF2N3O2S/c18-11-3-1-2-10(6-11)17-22-16(25-23-17)9-26-8-15(24)21-12-4-5-13(19)14(20)7-12/h1-7H,8-9H2,(H,21,24). The highest BCUT2D eigenvalue weighted by molar-refractivity contribution is 7.99. The number of hydrogen-bond acceptors (Lipinski definition) is 5. The van der Waals surface area contributed by atoms with Gasteiger partial charge in [0.25, 0.3) is 0 Å². The predicted molar refractivity (Wildman–Crippen MR) is 95.9 cm³/mol. The van der Waals surface area contributed by atoms with E-state index in [9.17, 15) is 13.6 Å². The topological polar surface area (TPSA) is 68.0 Å². The molecule has 5 nitrogen and oxygen atoms in total. The highest BCUT2D eigenvalue weighted by atomic mass is 35.5. The van der Waals surface area contributed by atoms with Crippen molar-refractivity contribution in [3.05, 3.63) is 65.0 Å². The Morgan fingerprint density at radius 2 is 2.04 bits per heavy atom.